The van der Waals surface area contributed by atoms with Gasteiger partial charge in [-0.05, 0) is 72.8 Å². The van der Waals surface area contributed by atoms with Crippen LogP contribution < -0.4 is 0 Å². The van der Waals surface area contributed by atoms with Gasteiger partial charge in [-0.3, -0.25) is 0 Å². The van der Waals surface area contributed by atoms with E-state index in [1.54, 1.807) is 0 Å². The number of fused-ring (bicyclic) bond motifs is 11. The van der Waals surface area contributed by atoms with E-state index in [2.05, 4.69) is 171 Å². The van der Waals surface area contributed by atoms with Crippen LogP contribution in [0.25, 0.3) is 117 Å². The lowest BCUT2D eigenvalue weighted by molar-refractivity contribution is 1.07. The standard InChI is InChI=1S/C57H36N6/c1-5-17-37(18-6-1)55-58-56(38-19-7-2-8-20-38)60-57(59-55)39-29-31-42(32-30-39)62-48-28-16-14-26-46(48)52-50(62)36-34-44-43-33-35-49-51(53(43)63(54(44)52)41-23-11-4-12-24-41)45-25-13-15-27-47(45)61(49)40-21-9-3-10-22-40/h1-36H. The number of aromatic nitrogens is 6. The zero-order chi connectivity index (χ0) is 41.4. The predicted octanol–water partition coefficient (Wildman–Crippen LogP) is 14.2. The van der Waals surface area contributed by atoms with Crippen molar-refractivity contribution >= 4 is 65.4 Å². The fourth-order valence-corrected chi connectivity index (χ4v) is 9.76. The van der Waals surface area contributed by atoms with Gasteiger partial charge in [0.2, 0.25) is 0 Å². The molecule has 0 saturated heterocycles. The zero-order valence-electron chi connectivity index (χ0n) is 34.0. The van der Waals surface area contributed by atoms with E-state index < -0.39 is 0 Å². The van der Waals surface area contributed by atoms with Gasteiger partial charge in [-0.1, -0.05) is 146 Å². The first-order valence-electron chi connectivity index (χ1n) is 21.3. The van der Waals surface area contributed by atoms with Crippen LogP contribution in [0.5, 0.6) is 0 Å². The maximum Gasteiger partial charge on any atom is 0.164 e. The molecule has 0 spiro atoms. The number of hydrogen-bond donors (Lipinski definition) is 0. The highest BCUT2D eigenvalue weighted by Gasteiger charge is 2.25. The van der Waals surface area contributed by atoms with Gasteiger partial charge in [0, 0.05) is 66.1 Å². The smallest absolute Gasteiger partial charge is 0.164 e. The Kier molecular flexibility index (Phi) is 7.80. The van der Waals surface area contributed by atoms with Crippen LogP contribution in [0, 0.1) is 0 Å². The molecule has 13 rings (SSSR count). The molecule has 6 heteroatoms. The monoisotopic (exact) mass is 804 g/mol. The summed E-state index contributed by atoms with van der Waals surface area (Å²) < 4.78 is 7.33. The first-order chi connectivity index (χ1) is 31.3. The Balaban J connectivity index is 1.06. The third-order valence-electron chi connectivity index (χ3n) is 12.5. The Labute approximate surface area is 362 Å². The van der Waals surface area contributed by atoms with Gasteiger partial charge < -0.3 is 13.7 Å². The molecule has 6 nitrogen and oxygen atoms in total. The maximum absolute atomic E-state index is 5.01. The highest BCUT2D eigenvalue weighted by Crippen LogP contribution is 2.46. The normalized spacial score (nSPS) is 11.8. The van der Waals surface area contributed by atoms with Crippen molar-refractivity contribution < 1.29 is 0 Å². The van der Waals surface area contributed by atoms with Gasteiger partial charge in [-0.2, -0.15) is 0 Å². The fourth-order valence-electron chi connectivity index (χ4n) is 9.76. The van der Waals surface area contributed by atoms with Crippen molar-refractivity contribution in [3.8, 4) is 51.2 Å². The molecule has 0 radical (unpaired) electrons. The Bertz CT molecular complexity index is 3810. The van der Waals surface area contributed by atoms with Crippen molar-refractivity contribution in [1.82, 2.24) is 28.7 Å². The van der Waals surface area contributed by atoms with Crippen LogP contribution in [0.1, 0.15) is 0 Å². The minimum absolute atomic E-state index is 0.630. The molecule has 0 amide bonds. The van der Waals surface area contributed by atoms with E-state index in [4.69, 9.17) is 15.0 Å². The highest BCUT2D eigenvalue weighted by atomic mass is 15.0. The predicted molar refractivity (Wildman–Crippen MR) is 259 cm³/mol. The SMILES string of the molecule is c1ccc(-c2nc(-c3ccccc3)nc(-c3ccc(-n4c5ccccc5c5c4ccc4c6ccc7c(c8ccccc8n7-c7ccccc7)c6n(-c6ccccc6)c45)cc3)n2)cc1. The van der Waals surface area contributed by atoms with Crippen molar-refractivity contribution in [2.75, 3.05) is 0 Å². The Morgan fingerprint density at radius 3 is 1.03 bits per heavy atom. The number of benzene rings is 9. The molecule has 0 N–H and O–H groups in total. The largest absolute Gasteiger partial charge is 0.309 e. The lowest BCUT2D eigenvalue weighted by Gasteiger charge is -2.11. The van der Waals surface area contributed by atoms with Gasteiger partial charge in [0.1, 0.15) is 0 Å². The number of para-hydroxylation sites is 4. The summed E-state index contributed by atoms with van der Waals surface area (Å²) in [4.78, 5) is 14.9. The number of nitrogens with zero attached hydrogens (tertiary/aromatic N) is 6. The Morgan fingerprint density at radius 2 is 0.587 bits per heavy atom. The van der Waals surface area contributed by atoms with Crippen molar-refractivity contribution in [2.45, 2.75) is 0 Å². The molecule has 63 heavy (non-hydrogen) atoms. The van der Waals surface area contributed by atoms with Crippen LogP contribution >= 0.6 is 0 Å². The zero-order valence-corrected chi connectivity index (χ0v) is 34.0. The van der Waals surface area contributed by atoms with Crippen molar-refractivity contribution in [1.29, 1.82) is 0 Å². The van der Waals surface area contributed by atoms with Crippen LogP contribution in [0.2, 0.25) is 0 Å². The van der Waals surface area contributed by atoms with Crippen molar-refractivity contribution in [2.24, 2.45) is 0 Å². The van der Waals surface area contributed by atoms with E-state index in [0.717, 1.165) is 44.8 Å². The van der Waals surface area contributed by atoms with E-state index in [1.165, 1.54) is 54.4 Å². The first-order valence-corrected chi connectivity index (χ1v) is 21.3. The summed E-state index contributed by atoms with van der Waals surface area (Å²) in [6.07, 6.45) is 0. The van der Waals surface area contributed by atoms with Gasteiger partial charge in [-0.15, -0.1) is 0 Å². The molecule has 0 bridgehead atoms. The van der Waals surface area contributed by atoms with Gasteiger partial charge >= 0.3 is 0 Å². The second-order valence-corrected chi connectivity index (χ2v) is 16.0. The molecule has 0 atom stereocenters. The van der Waals surface area contributed by atoms with Gasteiger partial charge in [-0.25, -0.2) is 15.0 Å². The van der Waals surface area contributed by atoms with E-state index in [1.807, 2.05) is 60.7 Å². The maximum atomic E-state index is 5.01. The van der Waals surface area contributed by atoms with Crippen LogP contribution in [0.3, 0.4) is 0 Å². The molecular formula is C57H36N6. The van der Waals surface area contributed by atoms with Crippen LogP contribution in [-0.2, 0) is 0 Å². The van der Waals surface area contributed by atoms with E-state index in [-0.39, 0.29) is 0 Å². The Hall–Kier alpha value is -8.61. The minimum Gasteiger partial charge on any atom is -0.309 e. The summed E-state index contributed by atoms with van der Waals surface area (Å²) in [5.41, 5.74) is 13.2. The second-order valence-electron chi connectivity index (χ2n) is 16.0. The van der Waals surface area contributed by atoms with Crippen LogP contribution in [0.4, 0.5) is 0 Å². The fraction of sp³-hybridized carbons (Fsp3) is 0. The average molecular weight is 805 g/mol. The topological polar surface area (TPSA) is 53.5 Å². The third-order valence-corrected chi connectivity index (χ3v) is 12.5. The van der Waals surface area contributed by atoms with E-state index >= 15 is 0 Å². The van der Waals surface area contributed by atoms with Gasteiger partial charge in [0.25, 0.3) is 0 Å². The molecule has 0 aliphatic heterocycles. The summed E-state index contributed by atoms with van der Waals surface area (Å²) >= 11 is 0. The molecule has 0 fully saturated rings. The van der Waals surface area contributed by atoms with Gasteiger partial charge in [0.15, 0.2) is 17.5 Å². The lowest BCUT2D eigenvalue weighted by Crippen LogP contribution is -2.00. The van der Waals surface area contributed by atoms with Crippen LogP contribution in [-0.4, -0.2) is 28.7 Å². The summed E-state index contributed by atoms with van der Waals surface area (Å²) in [7, 11) is 0. The van der Waals surface area contributed by atoms with E-state index in [9.17, 15) is 0 Å². The average Bonchev–Trinajstić information content (AvgIpc) is 4.01. The van der Waals surface area contributed by atoms with E-state index in [0.29, 0.717) is 17.5 Å². The summed E-state index contributed by atoms with van der Waals surface area (Å²) in [6, 6.07) is 77.3. The first kappa shape index (κ1) is 35.2. The molecule has 294 valence electrons. The summed E-state index contributed by atoms with van der Waals surface area (Å²) in [6.45, 7) is 0. The Morgan fingerprint density at radius 1 is 0.238 bits per heavy atom. The summed E-state index contributed by atoms with van der Waals surface area (Å²) in [5.74, 6) is 1.92. The van der Waals surface area contributed by atoms with Crippen molar-refractivity contribution in [3.63, 3.8) is 0 Å². The third kappa shape index (κ3) is 5.41. The molecule has 0 aliphatic rings. The number of rotatable bonds is 6. The highest BCUT2D eigenvalue weighted by molar-refractivity contribution is 6.31. The number of hydrogen-bond acceptors (Lipinski definition) is 3. The molecule has 0 unspecified atom stereocenters. The second kappa shape index (κ2) is 14.0. The quantitative estimate of drug-likeness (QED) is 0.168. The summed E-state index contributed by atoms with van der Waals surface area (Å²) in [5, 5.41) is 7.32. The molecular weight excluding hydrogens is 769 g/mol. The van der Waals surface area contributed by atoms with Crippen LogP contribution in [0.15, 0.2) is 218 Å². The van der Waals surface area contributed by atoms with Crippen molar-refractivity contribution in [3.05, 3.63) is 218 Å². The molecule has 4 heterocycles. The minimum atomic E-state index is 0.630. The lowest BCUT2D eigenvalue weighted by atomic mass is 10.1. The molecule has 9 aromatic carbocycles. The van der Waals surface area contributed by atoms with Gasteiger partial charge in [0.05, 0.1) is 33.1 Å². The molecule has 13 aromatic rings. The molecule has 0 saturated carbocycles. The molecule has 4 aromatic heterocycles. The molecule has 0 aliphatic carbocycles.